The number of aliphatic hydroxyl groups excluding tert-OH is 1. The number of H-pyrrole nitrogens is 1. The second-order valence-corrected chi connectivity index (χ2v) is 4.02. The summed E-state index contributed by atoms with van der Waals surface area (Å²) in [7, 11) is 0. The number of nitrogens with one attached hydrogen (secondary N) is 1. The number of aromatic nitrogens is 1. The highest BCUT2D eigenvalue weighted by Crippen LogP contribution is 2.28. The summed E-state index contributed by atoms with van der Waals surface area (Å²) in [5.74, 6) is 0. The molecule has 2 nitrogen and oxygen atoms in total. The summed E-state index contributed by atoms with van der Waals surface area (Å²) >= 11 is 0. The normalized spacial score (nSPS) is 21.1. The van der Waals surface area contributed by atoms with Crippen molar-refractivity contribution in [2.45, 2.75) is 25.4 Å². The van der Waals surface area contributed by atoms with Crippen LogP contribution in [0.4, 0.5) is 0 Å². The quantitative estimate of drug-likeness (QED) is 0.650. The second-order valence-electron chi connectivity index (χ2n) is 4.02. The summed E-state index contributed by atoms with van der Waals surface area (Å²) in [6, 6.07) is 8.32. The Morgan fingerprint density at radius 2 is 2.14 bits per heavy atom. The lowest BCUT2D eigenvalue weighted by Crippen LogP contribution is -2.17. The molecule has 0 saturated carbocycles. The molecule has 1 aliphatic rings. The predicted octanol–water partition coefficient (Wildman–Crippen LogP) is 2.02. The zero-order valence-corrected chi connectivity index (χ0v) is 7.96. The molecule has 0 saturated heterocycles. The maximum atomic E-state index is 9.62. The number of para-hydroxylation sites is 1. The molecule has 0 bridgehead atoms. The fraction of sp³-hybridized carbons (Fsp3) is 0.333. The lowest BCUT2D eigenvalue weighted by Gasteiger charge is -2.16. The number of hydrogen-bond donors (Lipinski definition) is 2. The van der Waals surface area contributed by atoms with Gasteiger partial charge >= 0.3 is 0 Å². The van der Waals surface area contributed by atoms with Crippen LogP contribution in [0.3, 0.4) is 0 Å². The fourth-order valence-electron chi connectivity index (χ4n) is 2.35. The number of benzene rings is 1. The number of fused-ring (bicyclic) bond motifs is 3. The van der Waals surface area contributed by atoms with Crippen molar-refractivity contribution in [3.05, 3.63) is 35.5 Å². The van der Waals surface area contributed by atoms with Crippen molar-refractivity contribution < 1.29 is 5.11 Å². The largest absolute Gasteiger partial charge is 0.393 e. The molecular weight excluding hydrogens is 174 g/mol. The van der Waals surface area contributed by atoms with E-state index < -0.39 is 0 Å². The Kier molecular flexibility index (Phi) is 1.64. The van der Waals surface area contributed by atoms with E-state index in [4.69, 9.17) is 0 Å². The first-order chi connectivity index (χ1) is 6.84. The molecule has 1 aromatic heterocycles. The van der Waals surface area contributed by atoms with Crippen LogP contribution in [-0.4, -0.2) is 16.2 Å². The molecule has 0 spiro atoms. The van der Waals surface area contributed by atoms with Gasteiger partial charge in [-0.1, -0.05) is 18.2 Å². The van der Waals surface area contributed by atoms with Crippen molar-refractivity contribution >= 4 is 10.9 Å². The molecule has 2 N–H and O–H groups in total. The van der Waals surface area contributed by atoms with E-state index in [2.05, 4.69) is 23.2 Å². The van der Waals surface area contributed by atoms with Gasteiger partial charge in [0.15, 0.2) is 0 Å². The Balaban J connectivity index is 2.25. The molecule has 0 fully saturated rings. The number of aryl methyl sites for hydroxylation is 1. The minimum absolute atomic E-state index is 0.151. The highest BCUT2D eigenvalue weighted by molar-refractivity contribution is 5.84. The molecule has 72 valence electrons. The van der Waals surface area contributed by atoms with Gasteiger partial charge in [-0.15, -0.1) is 0 Å². The number of aliphatic hydroxyl groups is 1. The van der Waals surface area contributed by atoms with Gasteiger partial charge in [-0.05, 0) is 24.5 Å². The van der Waals surface area contributed by atoms with Gasteiger partial charge in [0, 0.05) is 23.0 Å². The van der Waals surface area contributed by atoms with Gasteiger partial charge in [0.2, 0.25) is 0 Å². The number of aromatic amines is 1. The Morgan fingerprint density at radius 3 is 3.07 bits per heavy atom. The van der Waals surface area contributed by atoms with Crippen LogP contribution >= 0.6 is 0 Å². The molecule has 2 aromatic rings. The minimum Gasteiger partial charge on any atom is -0.393 e. The van der Waals surface area contributed by atoms with E-state index in [1.807, 2.05) is 6.07 Å². The van der Waals surface area contributed by atoms with E-state index in [1.165, 1.54) is 22.2 Å². The topological polar surface area (TPSA) is 36.0 Å². The fourth-order valence-corrected chi connectivity index (χ4v) is 2.35. The molecule has 1 aromatic carbocycles. The summed E-state index contributed by atoms with van der Waals surface area (Å²) in [5.41, 5.74) is 3.84. The molecule has 0 radical (unpaired) electrons. The van der Waals surface area contributed by atoms with Gasteiger partial charge in [0.05, 0.1) is 6.10 Å². The predicted molar refractivity (Wildman–Crippen MR) is 56.3 cm³/mol. The van der Waals surface area contributed by atoms with E-state index in [-0.39, 0.29) is 6.10 Å². The van der Waals surface area contributed by atoms with Crippen molar-refractivity contribution in [3.8, 4) is 0 Å². The molecule has 1 unspecified atom stereocenters. The number of rotatable bonds is 0. The molecule has 3 rings (SSSR count). The SMILES string of the molecule is OC1CCc2[nH]c3ccccc3c2C1. The minimum atomic E-state index is -0.151. The van der Waals surface area contributed by atoms with Crippen LogP contribution in [0.5, 0.6) is 0 Å². The van der Waals surface area contributed by atoms with Crippen molar-refractivity contribution in [2.24, 2.45) is 0 Å². The molecule has 0 aliphatic heterocycles. The first-order valence-electron chi connectivity index (χ1n) is 5.11. The maximum absolute atomic E-state index is 9.62. The second kappa shape index (κ2) is 2.85. The molecule has 14 heavy (non-hydrogen) atoms. The molecule has 2 heteroatoms. The first-order valence-corrected chi connectivity index (χ1v) is 5.11. The average molecular weight is 187 g/mol. The van der Waals surface area contributed by atoms with Gasteiger partial charge in [-0.2, -0.15) is 0 Å². The van der Waals surface area contributed by atoms with Crippen molar-refractivity contribution in [1.29, 1.82) is 0 Å². The maximum Gasteiger partial charge on any atom is 0.0585 e. The molecule has 1 heterocycles. The van der Waals surface area contributed by atoms with Crippen LogP contribution in [-0.2, 0) is 12.8 Å². The average Bonchev–Trinajstić information content (AvgIpc) is 2.56. The van der Waals surface area contributed by atoms with Crippen molar-refractivity contribution in [3.63, 3.8) is 0 Å². The standard InChI is InChI=1S/C12H13NO/c14-8-5-6-12-10(7-8)9-3-1-2-4-11(9)13-12/h1-4,8,13-14H,5-7H2. The summed E-state index contributed by atoms with van der Waals surface area (Å²) < 4.78 is 0. The van der Waals surface area contributed by atoms with Gasteiger partial charge in [-0.3, -0.25) is 0 Å². The van der Waals surface area contributed by atoms with Gasteiger partial charge < -0.3 is 10.1 Å². The first kappa shape index (κ1) is 8.06. The van der Waals surface area contributed by atoms with Gasteiger partial charge in [-0.25, -0.2) is 0 Å². The summed E-state index contributed by atoms with van der Waals surface area (Å²) in [5, 5.41) is 10.9. The van der Waals surface area contributed by atoms with Crippen molar-refractivity contribution in [2.75, 3.05) is 0 Å². The van der Waals surface area contributed by atoms with E-state index in [9.17, 15) is 5.11 Å². The highest BCUT2D eigenvalue weighted by Gasteiger charge is 2.20. The zero-order valence-electron chi connectivity index (χ0n) is 7.96. The van der Waals surface area contributed by atoms with Crippen LogP contribution in [0.2, 0.25) is 0 Å². The van der Waals surface area contributed by atoms with Crippen LogP contribution in [0.15, 0.2) is 24.3 Å². The van der Waals surface area contributed by atoms with E-state index in [0.29, 0.717) is 0 Å². The Hall–Kier alpha value is -1.28. The third-order valence-electron chi connectivity index (χ3n) is 3.07. The third kappa shape index (κ3) is 1.07. The van der Waals surface area contributed by atoms with Gasteiger partial charge in [0.1, 0.15) is 0 Å². The Labute approximate surface area is 82.6 Å². The monoisotopic (exact) mass is 187 g/mol. The van der Waals surface area contributed by atoms with E-state index in [0.717, 1.165) is 19.3 Å². The Morgan fingerprint density at radius 1 is 1.29 bits per heavy atom. The zero-order chi connectivity index (χ0) is 9.54. The summed E-state index contributed by atoms with van der Waals surface area (Å²) in [6.45, 7) is 0. The van der Waals surface area contributed by atoms with E-state index >= 15 is 0 Å². The summed E-state index contributed by atoms with van der Waals surface area (Å²) in [4.78, 5) is 3.43. The third-order valence-corrected chi connectivity index (χ3v) is 3.07. The van der Waals surface area contributed by atoms with Crippen LogP contribution in [0.25, 0.3) is 10.9 Å². The number of hydrogen-bond acceptors (Lipinski definition) is 1. The Bertz CT molecular complexity index is 472. The van der Waals surface area contributed by atoms with Gasteiger partial charge in [0.25, 0.3) is 0 Å². The molecular formula is C12H13NO. The lowest BCUT2D eigenvalue weighted by molar-refractivity contribution is 0.158. The lowest BCUT2D eigenvalue weighted by atomic mass is 9.93. The molecule has 1 aliphatic carbocycles. The molecule has 1 atom stereocenters. The van der Waals surface area contributed by atoms with Crippen molar-refractivity contribution in [1.82, 2.24) is 4.98 Å². The van der Waals surface area contributed by atoms with E-state index in [1.54, 1.807) is 0 Å². The highest BCUT2D eigenvalue weighted by atomic mass is 16.3. The smallest absolute Gasteiger partial charge is 0.0585 e. The summed E-state index contributed by atoms with van der Waals surface area (Å²) in [6.07, 6.45) is 2.52. The van der Waals surface area contributed by atoms with Crippen LogP contribution in [0, 0.1) is 0 Å². The molecule has 0 amide bonds. The van der Waals surface area contributed by atoms with Crippen LogP contribution in [0.1, 0.15) is 17.7 Å². The van der Waals surface area contributed by atoms with Crippen LogP contribution < -0.4 is 0 Å².